The summed E-state index contributed by atoms with van der Waals surface area (Å²) in [5, 5.41) is 7.12. The second-order valence-corrected chi connectivity index (χ2v) is 9.56. The van der Waals surface area contributed by atoms with Crippen LogP contribution in [0.15, 0.2) is 12.1 Å². The highest BCUT2D eigenvalue weighted by Gasteiger charge is 2.43. The number of hydrogen-bond acceptors (Lipinski definition) is 5. The van der Waals surface area contributed by atoms with Gasteiger partial charge in [0.2, 0.25) is 0 Å². The normalized spacial score (nSPS) is 24.3. The van der Waals surface area contributed by atoms with Crippen LogP contribution in [0.25, 0.3) is 0 Å². The molecule has 9 heteroatoms. The molecule has 1 N–H and O–H groups in total. The van der Waals surface area contributed by atoms with Crippen molar-refractivity contribution in [3.63, 3.8) is 0 Å². The number of carboxylic acids is 1. The predicted molar refractivity (Wildman–Crippen MR) is 103 cm³/mol. The SMILES string of the molecule is Cc1ccc(CN2CCC3(CC2)CC(OCC2CC2)CO3)s1.O=C(O)C(F)(F)F. The van der Waals surface area contributed by atoms with Gasteiger partial charge in [0.15, 0.2) is 0 Å². The number of ether oxygens (including phenoxy) is 2. The third kappa shape index (κ3) is 6.94. The van der Waals surface area contributed by atoms with Crippen molar-refractivity contribution in [3.8, 4) is 0 Å². The number of piperidine rings is 1. The van der Waals surface area contributed by atoms with E-state index in [2.05, 4.69) is 24.0 Å². The molecule has 164 valence electrons. The van der Waals surface area contributed by atoms with Crippen LogP contribution in [-0.2, 0) is 20.8 Å². The lowest BCUT2D eigenvalue weighted by Gasteiger charge is -2.38. The number of carbonyl (C=O) groups is 1. The molecular weight excluding hydrogens is 407 g/mol. The van der Waals surface area contributed by atoms with Crippen LogP contribution < -0.4 is 0 Å². The van der Waals surface area contributed by atoms with Crippen LogP contribution in [-0.4, -0.2) is 60.2 Å². The van der Waals surface area contributed by atoms with Crippen molar-refractivity contribution in [3.05, 3.63) is 21.9 Å². The smallest absolute Gasteiger partial charge is 0.475 e. The van der Waals surface area contributed by atoms with E-state index >= 15 is 0 Å². The van der Waals surface area contributed by atoms with E-state index in [0.29, 0.717) is 6.10 Å². The number of halogens is 3. The summed E-state index contributed by atoms with van der Waals surface area (Å²) in [6, 6.07) is 4.51. The topological polar surface area (TPSA) is 59.0 Å². The molecule has 1 saturated carbocycles. The number of hydrogen-bond donors (Lipinski definition) is 1. The molecule has 29 heavy (non-hydrogen) atoms. The fourth-order valence-corrected chi connectivity index (χ4v) is 4.66. The van der Waals surface area contributed by atoms with Gasteiger partial charge in [-0.05, 0) is 50.7 Å². The summed E-state index contributed by atoms with van der Waals surface area (Å²) in [5.74, 6) is -1.90. The average Bonchev–Trinajstić information content (AvgIpc) is 3.28. The highest BCUT2D eigenvalue weighted by atomic mass is 32.1. The van der Waals surface area contributed by atoms with Crippen molar-refractivity contribution in [2.45, 2.75) is 63.5 Å². The summed E-state index contributed by atoms with van der Waals surface area (Å²) in [7, 11) is 0. The molecule has 3 heterocycles. The van der Waals surface area contributed by atoms with Crippen molar-refractivity contribution < 1.29 is 32.5 Å². The zero-order valence-electron chi connectivity index (χ0n) is 16.5. The van der Waals surface area contributed by atoms with E-state index in [0.717, 1.165) is 45.2 Å². The first kappa shape index (κ1) is 22.5. The molecular formula is C20H28F3NO4S. The molecule has 1 atom stereocenters. The highest BCUT2D eigenvalue weighted by Crippen LogP contribution is 2.38. The van der Waals surface area contributed by atoms with Crippen molar-refractivity contribution in [2.75, 3.05) is 26.3 Å². The summed E-state index contributed by atoms with van der Waals surface area (Å²) in [6.07, 6.45) is 1.46. The Morgan fingerprint density at radius 3 is 2.52 bits per heavy atom. The lowest BCUT2D eigenvalue weighted by molar-refractivity contribution is -0.192. The molecule has 2 saturated heterocycles. The van der Waals surface area contributed by atoms with E-state index in [4.69, 9.17) is 19.4 Å². The second-order valence-electron chi connectivity index (χ2n) is 8.19. The summed E-state index contributed by atoms with van der Waals surface area (Å²) in [4.78, 5) is 14.4. The first-order chi connectivity index (χ1) is 13.7. The maximum atomic E-state index is 10.6. The Labute approximate surface area is 172 Å². The Morgan fingerprint density at radius 2 is 2.00 bits per heavy atom. The molecule has 0 aromatic carbocycles. The molecule has 4 rings (SSSR count). The Bertz CT molecular complexity index is 682. The first-order valence-corrected chi connectivity index (χ1v) is 10.8. The van der Waals surface area contributed by atoms with Crippen LogP contribution in [0.3, 0.4) is 0 Å². The molecule has 1 spiro atoms. The van der Waals surface area contributed by atoms with Gasteiger partial charge in [0.1, 0.15) is 0 Å². The van der Waals surface area contributed by atoms with Crippen LogP contribution in [0.1, 0.15) is 41.9 Å². The van der Waals surface area contributed by atoms with E-state index in [1.807, 2.05) is 11.3 Å². The van der Waals surface area contributed by atoms with Gasteiger partial charge in [0, 0.05) is 42.4 Å². The molecule has 1 aromatic rings. The van der Waals surface area contributed by atoms with E-state index in [1.165, 1.54) is 35.4 Å². The first-order valence-electron chi connectivity index (χ1n) is 9.98. The lowest BCUT2D eigenvalue weighted by atomic mass is 9.88. The van der Waals surface area contributed by atoms with Crippen LogP contribution >= 0.6 is 11.3 Å². The Hall–Kier alpha value is -1.16. The molecule has 1 aromatic heterocycles. The number of aryl methyl sites for hydroxylation is 1. The third-order valence-electron chi connectivity index (χ3n) is 5.62. The van der Waals surface area contributed by atoms with Gasteiger partial charge in [-0.2, -0.15) is 13.2 Å². The van der Waals surface area contributed by atoms with E-state index in [1.54, 1.807) is 0 Å². The number of thiophene rings is 1. The zero-order valence-corrected chi connectivity index (χ0v) is 17.4. The highest BCUT2D eigenvalue weighted by molar-refractivity contribution is 7.11. The van der Waals surface area contributed by atoms with E-state index < -0.39 is 12.1 Å². The van der Waals surface area contributed by atoms with Gasteiger partial charge in [0.25, 0.3) is 0 Å². The van der Waals surface area contributed by atoms with Crippen molar-refractivity contribution in [2.24, 2.45) is 5.92 Å². The number of aliphatic carboxylic acids is 1. The van der Waals surface area contributed by atoms with Gasteiger partial charge in [-0.1, -0.05) is 0 Å². The monoisotopic (exact) mass is 435 g/mol. The molecule has 3 fully saturated rings. The van der Waals surface area contributed by atoms with Gasteiger partial charge in [-0.15, -0.1) is 11.3 Å². The van der Waals surface area contributed by atoms with Crippen LogP contribution in [0.2, 0.25) is 0 Å². The van der Waals surface area contributed by atoms with Crippen LogP contribution in [0, 0.1) is 12.8 Å². The molecule has 0 bridgehead atoms. The van der Waals surface area contributed by atoms with Gasteiger partial charge >= 0.3 is 12.1 Å². The lowest BCUT2D eigenvalue weighted by Crippen LogP contribution is -2.43. The summed E-state index contributed by atoms with van der Waals surface area (Å²) in [5.41, 5.74) is 0.121. The van der Waals surface area contributed by atoms with E-state index in [-0.39, 0.29) is 5.60 Å². The maximum absolute atomic E-state index is 10.6. The van der Waals surface area contributed by atoms with Crippen molar-refractivity contribution >= 4 is 17.3 Å². The maximum Gasteiger partial charge on any atom is 0.490 e. The van der Waals surface area contributed by atoms with Gasteiger partial charge in [-0.25, -0.2) is 4.79 Å². The molecule has 0 radical (unpaired) electrons. The fraction of sp³-hybridized carbons (Fsp3) is 0.750. The molecule has 5 nitrogen and oxygen atoms in total. The standard InChI is InChI=1S/C18H27NO2S.C2HF3O2/c1-14-2-5-17(22-14)11-19-8-6-18(7-9-19)10-16(13-21-18)20-12-15-3-4-15;3-2(4,5)1(6)7/h2,5,15-16H,3-4,6-13H2,1H3;(H,6,7). The van der Waals surface area contributed by atoms with Crippen molar-refractivity contribution in [1.82, 2.24) is 4.90 Å². The second kappa shape index (κ2) is 9.32. The Balaban J connectivity index is 0.000000298. The van der Waals surface area contributed by atoms with E-state index in [9.17, 15) is 13.2 Å². The van der Waals surface area contributed by atoms with Gasteiger partial charge in [-0.3, -0.25) is 4.90 Å². The number of nitrogens with zero attached hydrogens (tertiary/aromatic N) is 1. The predicted octanol–water partition coefficient (Wildman–Crippen LogP) is 4.24. The van der Waals surface area contributed by atoms with Crippen LogP contribution in [0.5, 0.6) is 0 Å². The van der Waals surface area contributed by atoms with Crippen LogP contribution in [0.4, 0.5) is 13.2 Å². The van der Waals surface area contributed by atoms with Gasteiger partial charge < -0.3 is 14.6 Å². The number of rotatable bonds is 5. The quantitative estimate of drug-likeness (QED) is 0.750. The number of alkyl halides is 3. The molecule has 1 unspecified atom stereocenters. The summed E-state index contributed by atoms with van der Waals surface area (Å²) in [6.45, 7) is 7.40. The number of carboxylic acid groups (broad SMARTS) is 1. The minimum Gasteiger partial charge on any atom is -0.475 e. The average molecular weight is 436 g/mol. The molecule has 3 aliphatic rings. The Kier molecular flexibility index (Phi) is 7.24. The van der Waals surface area contributed by atoms with Gasteiger partial charge in [0.05, 0.1) is 18.3 Å². The third-order valence-corrected chi connectivity index (χ3v) is 6.61. The summed E-state index contributed by atoms with van der Waals surface area (Å²) >= 11 is 1.93. The summed E-state index contributed by atoms with van der Waals surface area (Å²) < 4.78 is 44.0. The molecule has 1 aliphatic carbocycles. The minimum absolute atomic E-state index is 0.121. The number of likely N-dealkylation sites (tertiary alicyclic amines) is 1. The van der Waals surface area contributed by atoms with Crippen molar-refractivity contribution in [1.29, 1.82) is 0 Å². The minimum atomic E-state index is -5.08. The fourth-order valence-electron chi connectivity index (χ4n) is 3.72. The Morgan fingerprint density at radius 1 is 1.34 bits per heavy atom. The molecule has 0 amide bonds. The largest absolute Gasteiger partial charge is 0.490 e. The molecule has 2 aliphatic heterocycles. The zero-order chi connectivity index (χ0) is 21.1.